The van der Waals surface area contributed by atoms with E-state index in [9.17, 15) is 4.79 Å². The first kappa shape index (κ1) is 16.6. The van der Waals surface area contributed by atoms with Crippen molar-refractivity contribution in [2.24, 2.45) is 0 Å². The van der Waals surface area contributed by atoms with Gasteiger partial charge in [-0.1, -0.05) is 54.1 Å². The lowest BCUT2D eigenvalue weighted by atomic mass is 9.93. The van der Waals surface area contributed by atoms with Gasteiger partial charge in [-0.05, 0) is 43.0 Å². The van der Waals surface area contributed by atoms with Crippen LogP contribution in [0.4, 0.5) is 0 Å². The molecule has 1 aliphatic heterocycles. The fourth-order valence-corrected chi connectivity index (χ4v) is 4.00. The summed E-state index contributed by atoms with van der Waals surface area (Å²) in [5.41, 5.74) is 1.78. The molecule has 0 aromatic heterocycles. The number of carbonyl (C=O) groups excluding carboxylic acids is 1. The first-order valence-electron chi connectivity index (χ1n) is 8.84. The average Bonchev–Trinajstić information content (AvgIpc) is 3.43. The maximum Gasteiger partial charge on any atom is 0.233 e. The lowest BCUT2D eigenvalue weighted by molar-refractivity contribution is -0.147. The van der Waals surface area contributed by atoms with Crippen molar-refractivity contribution in [2.45, 2.75) is 37.4 Å². The molecule has 2 fully saturated rings. The Labute approximate surface area is 153 Å². The van der Waals surface area contributed by atoms with Crippen LogP contribution in [0.5, 0.6) is 0 Å². The van der Waals surface area contributed by atoms with Gasteiger partial charge in [-0.2, -0.15) is 0 Å². The van der Waals surface area contributed by atoms with E-state index >= 15 is 0 Å². The predicted molar refractivity (Wildman–Crippen MR) is 98.7 cm³/mol. The van der Waals surface area contributed by atoms with Gasteiger partial charge in [-0.15, -0.1) is 0 Å². The Morgan fingerprint density at radius 1 is 1.12 bits per heavy atom. The summed E-state index contributed by atoms with van der Waals surface area (Å²) in [7, 11) is 0. The van der Waals surface area contributed by atoms with Gasteiger partial charge >= 0.3 is 0 Å². The minimum absolute atomic E-state index is 0.0260. The van der Waals surface area contributed by atoms with E-state index < -0.39 is 0 Å². The van der Waals surface area contributed by atoms with Crippen LogP contribution >= 0.6 is 11.6 Å². The van der Waals surface area contributed by atoms with Crippen molar-refractivity contribution >= 4 is 17.5 Å². The second kappa shape index (κ2) is 6.47. The Bertz CT molecular complexity index is 772. The molecule has 0 bridgehead atoms. The van der Waals surface area contributed by atoms with Gasteiger partial charge in [0.25, 0.3) is 0 Å². The van der Waals surface area contributed by atoms with Gasteiger partial charge in [0, 0.05) is 11.6 Å². The van der Waals surface area contributed by atoms with Gasteiger partial charge in [-0.3, -0.25) is 4.79 Å². The maximum atomic E-state index is 13.3. The van der Waals surface area contributed by atoms with E-state index in [1.807, 2.05) is 54.3 Å². The number of ether oxygens (including phenoxy) is 1. The molecule has 2 unspecified atom stereocenters. The Balaban J connectivity index is 1.57. The molecular formula is C21H22ClNO2. The van der Waals surface area contributed by atoms with Gasteiger partial charge in [-0.25, -0.2) is 0 Å². The minimum Gasteiger partial charge on any atom is -0.367 e. The third-order valence-electron chi connectivity index (χ3n) is 5.26. The van der Waals surface area contributed by atoms with Crippen molar-refractivity contribution in [3.8, 4) is 0 Å². The number of carbonyl (C=O) groups is 1. The molecule has 0 N–H and O–H groups in total. The third kappa shape index (κ3) is 3.19. The van der Waals surface area contributed by atoms with E-state index in [4.69, 9.17) is 16.3 Å². The van der Waals surface area contributed by atoms with Crippen LogP contribution in [-0.2, 0) is 14.9 Å². The number of halogens is 1. The van der Waals surface area contributed by atoms with E-state index in [0.29, 0.717) is 18.1 Å². The summed E-state index contributed by atoms with van der Waals surface area (Å²) < 4.78 is 6.10. The number of hydrogen-bond acceptors (Lipinski definition) is 2. The summed E-state index contributed by atoms with van der Waals surface area (Å²) in [6.07, 6.45) is 1.75. The van der Waals surface area contributed by atoms with Gasteiger partial charge in [0.1, 0.15) is 6.10 Å². The molecule has 0 spiro atoms. The topological polar surface area (TPSA) is 29.5 Å². The summed E-state index contributed by atoms with van der Waals surface area (Å²) in [6.45, 7) is 3.29. The first-order valence-corrected chi connectivity index (χ1v) is 9.22. The van der Waals surface area contributed by atoms with Gasteiger partial charge in [0.15, 0.2) is 0 Å². The van der Waals surface area contributed by atoms with Gasteiger partial charge in [0.05, 0.1) is 18.1 Å². The number of hydrogen-bond donors (Lipinski definition) is 0. The fourth-order valence-electron chi connectivity index (χ4n) is 3.81. The zero-order valence-corrected chi connectivity index (χ0v) is 15.1. The molecule has 2 aliphatic rings. The zero-order valence-electron chi connectivity index (χ0n) is 14.3. The second-order valence-corrected chi connectivity index (χ2v) is 7.59. The number of morpholine rings is 1. The normalized spacial score (nSPS) is 24.8. The highest BCUT2D eigenvalue weighted by molar-refractivity contribution is 6.30. The van der Waals surface area contributed by atoms with Crippen LogP contribution < -0.4 is 0 Å². The van der Waals surface area contributed by atoms with Crippen molar-refractivity contribution in [1.82, 2.24) is 4.90 Å². The van der Waals surface area contributed by atoms with Crippen LogP contribution in [0.15, 0.2) is 54.6 Å². The predicted octanol–water partition coefficient (Wildman–Crippen LogP) is 4.36. The lowest BCUT2D eigenvalue weighted by Crippen LogP contribution is -2.49. The minimum atomic E-state index is -0.386. The Hall–Kier alpha value is -1.84. The highest BCUT2D eigenvalue weighted by atomic mass is 35.5. The molecule has 0 radical (unpaired) electrons. The molecule has 1 amide bonds. The molecule has 1 aliphatic carbocycles. The SMILES string of the molecule is CC1CN(C(=O)C2(c3cccc(Cl)c3)CC2)CC(c2ccccc2)O1. The van der Waals surface area contributed by atoms with Gasteiger partial charge in [0.2, 0.25) is 5.91 Å². The first-order chi connectivity index (χ1) is 12.1. The molecule has 130 valence electrons. The van der Waals surface area contributed by atoms with Crippen LogP contribution in [0.3, 0.4) is 0 Å². The highest BCUT2D eigenvalue weighted by Crippen LogP contribution is 2.50. The standard InChI is InChI=1S/C21H22ClNO2/c1-15-13-23(14-19(25-15)16-6-3-2-4-7-16)20(24)21(10-11-21)17-8-5-9-18(22)12-17/h2-9,12,15,19H,10-11,13-14H2,1H3. The fraction of sp³-hybridized carbons (Fsp3) is 0.381. The largest absolute Gasteiger partial charge is 0.367 e. The Morgan fingerprint density at radius 2 is 1.88 bits per heavy atom. The maximum absolute atomic E-state index is 13.3. The lowest BCUT2D eigenvalue weighted by Gasteiger charge is -2.39. The van der Waals surface area contributed by atoms with Crippen molar-refractivity contribution < 1.29 is 9.53 Å². The molecule has 4 heteroatoms. The molecule has 1 saturated carbocycles. The Kier molecular flexibility index (Phi) is 4.30. The van der Waals surface area contributed by atoms with Crippen LogP contribution in [0.25, 0.3) is 0 Å². The van der Waals surface area contributed by atoms with E-state index in [-0.39, 0.29) is 23.5 Å². The van der Waals surface area contributed by atoms with Crippen molar-refractivity contribution in [3.63, 3.8) is 0 Å². The number of amides is 1. The number of rotatable bonds is 3. The summed E-state index contributed by atoms with van der Waals surface area (Å²) in [6, 6.07) is 17.9. The number of benzene rings is 2. The zero-order chi connectivity index (χ0) is 17.4. The van der Waals surface area contributed by atoms with E-state index in [1.165, 1.54) is 0 Å². The molecule has 4 rings (SSSR count). The molecule has 2 aromatic carbocycles. The summed E-state index contributed by atoms with van der Waals surface area (Å²) in [5.74, 6) is 0.214. The van der Waals surface area contributed by atoms with Gasteiger partial charge < -0.3 is 9.64 Å². The molecular weight excluding hydrogens is 334 g/mol. The molecule has 25 heavy (non-hydrogen) atoms. The van der Waals surface area contributed by atoms with E-state index in [1.54, 1.807) is 0 Å². The van der Waals surface area contributed by atoms with Crippen LogP contribution in [0.2, 0.25) is 5.02 Å². The summed E-state index contributed by atoms with van der Waals surface area (Å²) >= 11 is 6.15. The molecule has 3 nitrogen and oxygen atoms in total. The quantitative estimate of drug-likeness (QED) is 0.818. The Morgan fingerprint density at radius 3 is 2.56 bits per heavy atom. The van der Waals surface area contributed by atoms with Crippen LogP contribution in [0.1, 0.15) is 37.0 Å². The molecule has 2 aromatic rings. The smallest absolute Gasteiger partial charge is 0.233 e. The van der Waals surface area contributed by atoms with Crippen molar-refractivity contribution in [3.05, 3.63) is 70.7 Å². The molecule has 1 heterocycles. The van der Waals surface area contributed by atoms with Crippen molar-refractivity contribution in [1.29, 1.82) is 0 Å². The third-order valence-corrected chi connectivity index (χ3v) is 5.49. The van der Waals surface area contributed by atoms with E-state index in [2.05, 4.69) is 12.1 Å². The van der Waals surface area contributed by atoms with E-state index in [0.717, 1.165) is 24.0 Å². The highest BCUT2D eigenvalue weighted by Gasteiger charge is 2.53. The average molecular weight is 356 g/mol. The molecule has 2 atom stereocenters. The van der Waals surface area contributed by atoms with Crippen LogP contribution in [0, 0.1) is 0 Å². The monoisotopic (exact) mass is 355 g/mol. The summed E-state index contributed by atoms with van der Waals surface area (Å²) in [4.78, 5) is 15.3. The number of nitrogens with zero attached hydrogens (tertiary/aromatic N) is 1. The summed E-state index contributed by atoms with van der Waals surface area (Å²) in [5, 5.41) is 0.689. The van der Waals surface area contributed by atoms with Crippen molar-refractivity contribution in [2.75, 3.05) is 13.1 Å². The second-order valence-electron chi connectivity index (χ2n) is 7.15. The van der Waals surface area contributed by atoms with Crippen LogP contribution in [-0.4, -0.2) is 30.0 Å². The molecule has 1 saturated heterocycles.